The molecule has 8 heteroatoms. The molecular formula is C21H23ClN2O4S. The van der Waals surface area contributed by atoms with Crippen LogP contribution in [0.2, 0.25) is 5.02 Å². The zero-order chi connectivity index (χ0) is 20.6. The fourth-order valence-corrected chi connectivity index (χ4v) is 5.40. The van der Waals surface area contributed by atoms with Gasteiger partial charge >= 0.3 is 0 Å². The predicted octanol–water partition coefficient (Wildman–Crippen LogP) is 2.91. The van der Waals surface area contributed by atoms with E-state index in [0.29, 0.717) is 23.9 Å². The third-order valence-electron chi connectivity index (χ3n) is 5.78. The first-order chi connectivity index (χ1) is 13.9. The molecule has 1 aliphatic heterocycles. The standard InChI is InChI=1S/C21H23ClN2O4S/c1-28-18-6-8-19(9-7-18)29(26,27)24-14-12-23(13-15-24)20(25)21(10-11-21)16-2-4-17(22)5-3-16/h2-9H,10-15H2,1H3. The summed E-state index contributed by atoms with van der Waals surface area (Å²) in [6.07, 6.45) is 1.63. The van der Waals surface area contributed by atoms with Crippen LogP contribution in [0.4, 0.5) is 0 Å². The van der Waals surface area contributed by atoms with Gasteiger partial charge in [-0.25, -0.2) is 8.42 Å². The van der Waals surface area contributed by atoms with Gasteiger partial charge in [0.15, 0.2) is 0 Å². The number of amides is 1. The number of benzene rings is 2. The van der Waals surface area contributed by atoms with E-state index in [1.54, 1.807) is 29.2 Å². The van der Waals surface area contributed by atoms with Crippen molar-refractivity contribution >= 4 is 27.5 Å². The van der Waals surface area contributed by atoms with Gasteiger partial charge in [-0.1, -0.05) is 23.7 Å². The Kier molecular flexibility index (Phi) is 5.31. The van der Waals surface area contributed by atoms with Crippen LogP contribution in [0.3, 0.4) is 0 Å². The summed E-state index contributed by atoms with van der Waals surface area (Å²) in [5.74, 6) is 0.692. The van der Waals surface area contributed by atoms with Crippen LogP contribution in [0.25, 0.3) is 0 Å². The maximum atomic E-state index is 13.2. The van der Waals surface area contributed by atoms with E-state index in [0.717, 1.165) is 18.4 Å². The first-order valence-corrected chi connectivity index (χ1v) is 11.4. The Morgan fingerprint density at radius 3 is 2.07 bits per heavy atom. The molecule has 2 fully saturated rings. The lowest BCUT2D eigenvalue weighted by Crippen LogP contribution is -2.52. The fourth-order valence-electron chi connectivity index (χ4n) is 3.85. The van der Waals surface area contributed by atoms with Crippen molar-refractivity contribution in [2.75, 3.05) is 33.3 Å². The largest absolute Gasteiger partial charge is 0.497 e. The molecule has 1 aliphatic carbocycles. The molecule has 0 unspecified atom stereocenters. The minimum Gasteiger partial charge on any atom is -0.497 e. The quantitative estimate of drug-likeness (QED) is 0.725. The minimum absolute atomic E-state index is 0.0846. The summed E-state index contributed by atoms with van der Waals surface area (Å²) in [7, 11) is -2.05. The molecule has 0 bridgehead atoms. The molecule has 2 aromatic carbocycles. The second kappa shape index (κ2) is 7.63. The van der Waals surface area contributed by atoms with Crippen LogP contribution >= 0.6 is 11.6 Å². The van der Waals surface area contributed by atoms with Gasteiger partial charge in [0.25, 0.3) is 0 Å². The van der Waals surface area contributed by atoms with E-state index in [1.165, 1.54) is 11.4 Å². The smallest absolute Gasteiger partial charge is 0.243 e. The molecule has 2 aliphatic rings. The molecule has 1 heterocycles. The molecule has 0 atom stereocenters. The van der Waals surface area contributed by atoms with Gasteiger partial charge in [-0.3, -0.25) is 4.79 Å². The molecule has 2 aromatic rings. The lowest BCUT2D eigenvalue weighted by molar-refractivity contribution is -0.135. The van der Waals surface area contributed by atoms with Crippen LogP contribution in [-0.4, -0.2) is 56.8 Å². The number of piperazine rings is 1. The summed E-state index contributed by atoms with van der Waals surface area (Å²) in [5.41, 5.74) is 0.516. The lowest BCUT2D eigenvalue weighted by Gasteiger charge is -2.36. The Morgan fingerprint density at radius 1 is 0.966 bits per heavy atom. The topological polar surface area (TPSA) is 66.9 Å². The van der Waals surface area contributed by atoms with Crippen molar-refractivity contribution in [1.82, 2.24) is 9.21 Å². The summed E-state index contributed by atoms with van der Waals surface area (Å²) < 4.78 is 32.3. The zero-order valence-electron chi connectivity index (χ0n) is 16.2. The average Bonchev–Trinajstić information content (AvgIpc) is 3.56. The number of rotatable bonds is 5. The molecule has 1 amide bonds. The third kappa shape index (κ3) is 3.74. The highest BCUT2D eigenvalue weighted by Gasteiger charge is 2.53. The van der Waals surface area contributed by atoms with Gasteiger partial charge in [-0.05, 0) is 54.8 Å². The number of carbonyl (C=O) groups excluding carboxylic acids is 1. The summed E-state index contributed by atoms with van der Waals surface area (Å²) in [6, 6.07) is 13.8. The normalized spacial score (nSPS) is 19.0. The summed E-state index contributed by atoms with van der Waals surface area (Å²) in [4.78, 5) is 15.2. The van der Waals surface area contributed by atoms with Crippen molar-refractivity contribution in [1.29, 1.82) is 0 Å². The van der Waals surface area contributed by atoms with Crippen LogP contribution in [0, 0.1) is 0 Å². The van der Waals surface area contributed by atoms with E-state index in [1.807, 2.05) is 24.3 Å². The van der Waals surface area contributed by atoms with Gasteiger partial charge in [-0.15, -0.1) is 0 Å². The second-order valence-electron chi connectivity index (χ2n) is 7.46. The van der Waals surface area contributed by atoms with Crippen molar-refractivity contribution < 1.29 is 17.9 Å². The predicted molar refractivity (Wildman–Crippen MR) is 111 cm³/mol. The lowest BCUT2D eigenvalue weighted by atomic mass is 9.94. The molecular weight excluding hydrogens is 412 g/mol. The molecule has 0 aromatic heterocycles. The molecule has 4 rings (SSSR count). The monoisotopic (exact) mass is 434 g/mol. The van der Waals surface area contributed by atoms with E-state index < -0.39 is 15.4 Å². The summed E-state index contributed by atoms with van der Waals surface area (Å²) in [6.45, 7) is 1.36. The highest BCUT2D eigenvalue weighted by Crippen LogP contribution is 2.50. The number of hydrogen-bond donors (Lipinski definition) is 0. The molecule has 0 radical (unpaired) electrons. The highest BCUT2D eigenvalue weighted by atomic mass is 35.5. The zero-order valence-corrected chi connectivity index (χ0v) is 17.7. The van der Waals surface area contributed by atoms with Gasteiger partial charge < -0.3 is 9.64 Å². The minimum atomic E-state index is -3.59. The van der Waals surface area contributed by atoms with E-state index in [9.17, 15) is 13.2 Å². The van der Waals surface area contributed by atoms with E-state index in [4.69, 9.17) is 16.3 Å². The molecule has 29 heavy (non-hydrogen) atoms. The van der Waals surface area contributed by atoms with Gasteiger partial charge in [0.2, 0.25) is 15.9 Å². The molecule has 1 saturated carbocycles. The van der Waals surface area contributed by atoms with Gasteiger partial charge in [0, 0.05) is 31.2 Å². The van der Waals surface area contributed by atoms with Crippen molar-refractivity contribution in [2.24, 2.45) is 0 Å². The number of nitrogens with zero attached hydrogens (tertiary/aromatic N) is 2. The Morgan fingerprint density at radius 2 is 1.55 bits per heavy atom. The SMILES string of the molecule is COc1ccc(S(=O)(=O)N2CCN(C(=O)C3(c4ccc(Cl)cc4)CC3)CC2)cc1. The average molecular weight is 435 g/mol. The van der Waals surface area contributed by atoms with E-state index in [2.05, 4.69) is 0 Å². The maximum Gasteiger partial charge on any atom is 0.243 e. The van der Waals surface area contributed by atoms with Gasteiger partial charge in [0.1, 0.15) is 5.75 Å². The number of hydrogen-bond acceptors (Lipinski definition) is 4. The number of carbonyl (C=O) groups is 1. The molecule has 0 N–H and O–H groups in total. The van der Waals surface area contributed by atoms with Crippen LogP contribution in [0.5, 0.6) is 5.75 Å². The number of sulfonamides is 1. The number of methoxy groups -OCH3 is 1. The number of halogens is 1. The highest BCUT2D eigenvalue weighted by molar-refractivity contribution is 7.89. The third-order valence-corrected chi connectivity index (χ3v) is 7.94. The Bertz CT molecular complexity index is 994. The second-order valence-corrected chi connectivity index (χ2v) is 9.84. The van der Waals surface area contributed by atoms with Crippen LogP contribution < -0.4 is 4.74 Å². The Balaban J connectivity index is 1.43. The fraction of sp³-hybridized carbons (Fsp3) is 0.381. The van der Waals surface area contributed by atoms with Gasteiger partial charge in [-0.2, -0.15) is 4.31 Å². The Labute approximate surface area is 176 Å². The van der Waals surface area contributed by atoms with Crippen LogP contribution in [0.1, 0.15) is 18.4 Å². The van der Waals surface area contributed by atoms with Crippen LogP contribution in [0.15, 0.2) is 53.4 Å². The number of ether oxygens (including phenoxy) is 1. The first-order valence-electron chi connectivity index (χ1n) is 9.56. The van der Waals surface area contributed by atoms with Gasteiger partial charge in [0.05, 0.1) is 17.4 Å². The summed E-state index contributed by atoms with van der Waals surface area (Å²) >= 11 is 5.97. The maximum absolute atomic E-state index is 13.2. The molecule has 6 nitrogen and oxygen atoms in total. The van der Waals surface area contributed by atoms with Crippen molar-refractivity contribution in [3.63, 3.8) is 0 Å². The van der Waals surface area contributed by atoms with Crippen LogP contribution in [-0.2, 0) is 20.2 Å². The van der Waals surface area contributed by atoms with Crippen molar-refractivity contribution in [3.05, 3.63) is 59.1 Å². The molecule has 1 saturated heterocycles. The first kappa shape index (κ1) is 20.2. The molecule has 0 spiro atoms. The summed E-state index contributed by atoms with van der Waals surface area (Å²) in [5, 5.41) is 0.648. The Hall–Kier alpha value is -2.09. The van der Waals surface area contributed by atoms with Crippen molar-refractivity contribution in [2.45, 2.75) is 23.2 Å². The van der Waals surface area contributed by atoms with E-state index in [-0.39, 0.29) is 23.9 Å². The molecule has 154 valence electrons. The van der Waals surface area contributed by atoms with E-state index >= 15 is 0 Å². The van der Waals surface area contributed by atoms with Crippen molar-refractivity contribution in [3.8, 4) is 5.75 Å².